The lowest BCUT2D eigenvalue weighted by molar-refractivity contribution is -0.119. The van der Waals surface area contributed by atoms with Gasteiger partial charge in [0.05, 0.1) is 18.7 Å². The minimum Gasteiger partial charge on any atom is -0.495 e. The van der Waals surface area contributed by atoms with Crippen molar-refractivity contribution in [1.29, 1.82) is 0 Å². The first-order valence-electron chi connectivity index (χ1n) is 8.22. The number of hydrogen-bond acceptors (Lipinski definition) is 5. The molecule has 25 heavy (non-hydrogen) atoms. The van der Waals surface area contributed by atoms with E-state index >= 15 is 0 Å². The van der Waals surface area contributed by atoms with E-state index in [2.05, 4.69) is 10.3 Å². The summed E-state index contributed by atoms with van der Waals surface area (Å²) in [6, 6.07) is 7.28. The first kappa shape index (κ1) is 17.5. The Morgan fingerprint density at radius 3 is 2.92 bits per heavy atom. The van der Waals surface area contributed by atoms with Gasteiger partial charge in [0, 0.05) is 23.6 Å². The van der Waals surface area contributed by atoms with Crippen LogP contribution in [0.15, 0.2) is 34.2 Å². The number of anilines is 1. The lowest BCUT2D eigenvalue weighted by Crippen LogP contribution is -2.38. The number of ether oxygens (including phenoxy) is 1. The molecule has 7 heteroatoms. The van der Waals surface area contributed by atoms with Crippen molar-refractivity contribution in [3.8, 4) is 5.75 Å². The Kier molecular flexibility index (Phi) is 5.13. The second-order valence-corrected chi connectivity index (χ2v) is 6.91. The van der Waals surface area contributed by atoms with E-state index in [4.69, 9.17) is 4.74 Å². The summed E-state index contributed by atoms with van der Waals surface area (Å²) in [6.07, 6.45) is 0.640. The molecule has 6 nitrogen and oxygen atoms in total. The van der Waals surface area contributed by atoms with Gasteiger partial charge in [0.2, 0.25) is 5.91 Å². The van der Waals surface area contributed by atoms with Gasteiger partial charge in [0.1, 0.15) is 5.75 Å². The number of nitrogens with zero attached hydrogens (tertiary/aromatic N) is 2. The molecule has 1 unspecified atom stereocenters. The van der Waals surface area contributed by atoms with Gasteiger partial charge in [-0.05, 0) is 25.5 Å². The largest absolute Gasteiger partial charge is 0.495 e. The lowest BCUT2D eigenvalue weighted by atomic mass is 10.1. The Balaban J connectivity index is 1.83. The molecule has 0 aliphatic carbocycles. The lowest BCUT2D eigenvalue weighted by Gasteiger charge is -2.25. The van der Waals surface area contributed by atoms with Gasteiger partial charge in [-0.15, -0.1) is 0 Å². The molecule has 2 heterocycles. The molecule has 0 saturated heterocycles. The number of nitrogens with one attached hydrogen (secondary N) is 1. The Morgan fingerprint density at radius 2 is 2.20 bits per heavy atom. The molecule has 0 radical (unpaired) electrons. The second-order valence-electron chi connectivity index (χ2n) is 5.93. The zero-order valence-electron chi connectivity index (χ0n) is 14.5. The summed E-state index contributed by atoms with van der Waals surface area (Å²) >= 11 is 1.45. The van der Waals surface area contributed by atoms with E-state index in [1.807, 2.05) is 26.0 Å². The average Bonchev–Trinajstić information content (AvgIpc) is 2.62. The highest BCUT2D eigenvalue weighted by Crippen LogP contribution is 2.28. The first-order chi connectivity index (χ1) is 12.0. The van der Waals surface area contributed by atoms with Gasteiger partial charge in [-0.2, -0.15) is 0 Å². The number of rotatable bonds is 4. The van der Waals surface area contributed by atoms with Crippen LogP contribution in [-0.4, -0.2) is 28.3 Å². The average molecular weight is 359 g/mol. The molecule has 1 amide bonds. The van der Waals surface area contributed by atoms with Crippen molar-refractivity contribution >= 4 is 23.4 Å². The number of para-hydroxylation sites is 2. The van der Waals surface area contributed by atoms with Crippen LogP contribution in [-0.2, 0) is 17.8 Å². The minimum atomic E-state index is -0.297. The third-order valence-corrected chi connectivity index (χ3v) is 5.48. The molecule has 1 aromatic heterocycles. The maximum absolute atomic E-state index is 12.7. The molecule has 3 rings (SSSR count). The molecule has 0 fully saturated rings. The van der Waals surface area contributed by atoms with Crippen molar-refractivity contribution in [2.24, 2.45) is 5.92 Å². The highest BCUT2D eigenvalue weighted by Gasteiger charge is 2.28. The van der Waals surface area contributed by atoms with E-state index < -0.39 is 0 Å². The van der Waals surface area contributed by atoms with Crippen LogP contribution in [0.25, 0.3) is 0 Å². The Bertz CT molecular complexity index is 863. The maximum Gasteiger partial charge on any atom is 0.257 e. The SMILES string of the molecule is CCc1c(C)nc2n(c1=O)CC(C(=O)Nc1ccccc1OC)CS2. The number of amides is 1. The number of fused-ring (bicyclic) bond motifs is 1. The van der Waals surface area contributed by atoms with E-state index in [1.54, 1.807) is 23.8 Å². The van der Waals surface area contributed by atoms with E-state index in [9.17, 15) is 9.59 Å². The quantitative estimate of drug-likeness (QED) is 0.849. The predicted molar refractivity (Wildman–Crippen MR) is 98.4 cm³/mol. The van der Waals surface area contributed by atoms with Crippen LogP contribution in [0.3, 0.4) is 0 Å². The van der Waals surface area contributed by atoms with Crippen molar-refractivity contribution in [2.75, 3.05) is 18.2 Å². The van der Waals surface area contributed by atoms with E-state index in [0.29, 0.717) is 35.3 Å². The number of benzene rings is 1. The van der Waals surface area contributed by atoms with Gasteiger partial charge in [0.25, 0.3) is 5.56 Å². The van der Waals surface area contributed by atoms with Crippen LogP contribution >= 0.6 is 11.8 Å². The van der Waals surface area contributed by atoms with Crippen molar-refractivity contribution < 1.29 is 9.53 Å². The van der Waals surface area contributed by atoms with Gasteiger partial charge < -0.3 is 10.1 Å². The summed E-state index contributed by atoms with van der Waals surface area (Å²) < 4.78 is 6.90. The smallest absolute Gasteiger partial charge is 0.257 e. The van der Waals surface area contributed by atoms with Crippen molar-refractivity contribution in [3.63, 3.8) is 0 Å². The Hall–Kier alpha value is -2.28. The number of methoxy groups -OCH3 is 1. The normalized spacial score (nSPS) is 16.2. The van der Waals surface area contributed by atoms with Crippen molar-refractivity contribution in [1.82, 2.24) is 9.55 Å². The Labute approximate surface area is 150 Å². The maximum atomic E-state index is 12.7. The van der Waals surface area contributed by atoms with E-state index in [0.717, 1.165) is 11.3 Å². The van der Waals surface area contributed by atoms with E-state index in [-0.39, 0.29) is 17.4 Å². The molecule has 2 aromatic rings. The highest BCUT2D eigenvalue weighted by molar-refractivity contribution is 7.99. The highest BCUT2D eigenvalue weighted by atomic mass is 32.2. The van der Waals surface area contributed by atoms with Crippen LogP contribution in [0.2, 0.25) is 0 Å². The molecule has 1 aromatic carbocycles. The number of carbonyl (C=O) groups is 1. The second kappa shape index (κ2) is 7.31. The fourth-order valence-electron chi connectivity index (χ4n) is 2.94. The predicted octanol–water partition coefficient (Wildman–Crippen LogP) is 2.48. The number of aromatic nitrogens is 2. The summed E-state index contributed by atoms with van der Waals surface area (Å²) in [7, 11) is 1.57. The molecule has 1 N–H and O–H groups in total. The zero-order valence-corrected chi connectivity index (χ0v) is 15.4. The summed E-state index contributed by atoms with van der Waals surface area (Å²) in [5.41, 5.74) is 2.10. The summed E-state index contributed by atoms with van der Waals surface area (Å²) in [5.74, 6) is 0.795. The first-order valence-corrected chi connectivity index (χ1v) is 9.20. The molecule has 0 bridgehead atoms. The minimum absolute atomic E-state index is 0.0349. The summed E-state index contributed by atoms with van der Waals surface area (Å²) in [5, 5.41) is 3.60. The summed E-state index contributed by atoms with van der Waals surface area (Å²) in [4.78, 5) is 29.8. The molecule has 1 aliphatic rings. The fourth-order valence-corrected chi connectivity index (χ4v) is 4.07. The van der Waals surface area contributed by atoms with Crippen molar-refractivity contribution in [3.05, 3.63) is 45.9 Å². The third kappa shape index (κ3) is 3.42. The molecule has 132 valence electrons. The Morgan fingerprint density at radius 1 is 1.44 bits per heavy atom. The fraction of sp³-hybridized carbons (Fsp3) is 0.389. The van der Waals surface area contributed by atoms with Crippen molar-refractivity contribution in [2.45, 2.75) is 32.0 Å². The number of thioether (sulfide) groups is 1. The van der Waals surface area contributed by atoms with Crippen LogP contribution in [0.4, 0.5) is 5.69 Å². The summed E-state index contributed by atoms with van der Waals surface area (Å²) in [6.45, 7) is 4.16. The molecular weight excluding hydrogens is 338 g/mol. The monoisotopic (exact) mass is 359 g/mol. The third-order valence-electron chi connectivity index (χ3n) is 4.34. The molecular formula is C18H21N3O3S. The standard InChI is InChI=1S/C18H21N3O3S/c1-4-13-11(2)19-18-21(17(13)23)9-12(10-25-18)16(22)20-14-7-5-6-8-15(14)24-3/h5-8,12H,4,9-10H2,1-3H3,(H,20,22). The molecule has 0 spiro atoms. The number of carbonyl (C=O) groups excluding carboxylic acids is 1. The van der Waals surface area contributed by atoms with Gasteiger partial charge in [0.15, 0.2) is 5.16 Å². The van der Waals surface area contributed by atoms with Gasteiger partial charge in [-0.25, -0.2) is 4.98 Å². The van der Waals surface area contributed by atoms with Gasteiger partial charge in [-0.1, -0.05) is 30.8 Å². The molecule has 1 aliphatic heterocycles. The zero-order chi connectivity index (χ0) is 18.0. The van der Waals surface area contributed by atoms with Crippen LogP contribution in [0.5, 0.6) is 5.75 Å². The van der Waals surface area contributed by atoms with Gasteiger partial charge >= 0.3 is 0 Å². The number of hydrogen-bond donors (Lipinski definition) is 1. The van der Waals surface area contributed by atoms with Crippen LogP contribution in [0, 0.1) is 12.8 Å². The number of aryl methyl sites for hydroxylation is 1. The van der Waals surface area contributed by atoms with E-state index in [1.165, 1.54) is 11.8 Å². The van der Waals surface area contributed by atoms with Gasteiger partial charge in [-0.3, -0.25) is 14.2 Å². The topological polar surface area (TPSA) is 73.2 Å². The van der Waals surface area contributed by atoms with Crippen LogP contribution in [0.1, 0.15) is 18.2 Å². The molecule has 1 atom stereocenters. The molecule has 0 saturated carbocycles. The van der Waals surface area contributed by atoms with Crippen LogP contribution < -0.4 is 15.6 Å².